The monoisotopic (exact) mass is 312 g/mol. The molecular formula is C11H12BrF3O2. The summed E-state index contributed by atoms with van der Waals surface area (Å²) in [4.78, 5) is 0. The summed E-state index contributed by atoms with van der Waals surface area (Å²) in [5, 5.41) is 0.267. The largest absolute Gasteiger partial charge is 0.496 e. The third kappa shape index (κ3) is 4.55. The van der Waals surface area contributed by atoms with Crippen molar-refractivity contribution in [1.82, 2.24) is 0 Å². The molecule has 0 spiro atoms. The highest BCUT2D eigenvalue weighted by molar-refractivity contribution is 9.09. The van der Waals surface area contributed by atoms with Crippen LogP contribution in [0.5, 0.6) is 5.75 Å². The van der Waals surface area contributed by atoms with Gasteiger partial charge >= 0.3 is 6.18 Å². The Balaban J connectivity index is 2.79. The number of para-hydroxylation sites is 1. The Morgan fingerprint density at radius 2 is 1.94 bits per heavy atom. The minimum Gasteiger partial charge on any atom is -0.496 e. The Kier molecular flexibility index (Phi) is 5.27. The topological polar surface area (TPSA) is 18.5 Å². The third-order valence-corrected chi connectivity index (χ3v) is 2.66. The van der Waals surface area contributed by atoms with Crippen LogP contribution in [0.25, 0.3) is 0 Å². The van der Waals surface area contributed by atoms with Crippen LogP contribution < -0.4 is 4.74 Å². The number of rotatable bonds is 5. The summed E-state index contributed by atoms with van der Waals surface area (Å²) in [6, 6.07) is 6.84. The highest BCUT2D eigenvalue weighted by atomic mass is 79.9. The second kappa shape index (κ2) is 6.26. The summed E-state index contributed by atoms with van der Waals surface area (Å²) in [7, 11) is 1.47. The Morgan fingerprint density at radius 3 is 2.47 bits per heavy atom. The van der Waals surface area contributed by atoms with Crippen LogP contribution in [0.15, 0.2) is 24.3 Å². The van der Waals surface area contributed by atoms with Gasteiger partial charge in [0, 0.05) is 10.9 Å². The highest BCUT2D eigenvalue weighted by Gasteiger charge is 2.30. The van der Waals surface area contributed by atoms with Crippen LogP contribution >= 0.6 is 15.9 Å². The van der Waals surface area contributed by atoms with E-state index in [1.807, 2.05) is 0 Å². The van der Waals surface area contributed by atoms with Crippen LogP contribution in [-0.4, -0.2) is 25.2 Å². The molecule has 1 aromatic rings. The van der Waals surface area contributed by atoms with E-state index in [4.69, 9.17) is 9.47 Å². The van der Waals surface area contributed by atoms with Gasteiger partial charge in [-0.25, -0.2) is 0 Å². The minimum atomic E-state index is -4.33. The molecule has 0 amide bonds. The molecule has 1 rings (SSSR count). The molecule has 1 atom stereocenters. The van der Waals surface area contributed by atoms with Crippen LogP contribution in [0.2, 0.25) is 0 Å². The second-order valence-corrected chi connectivity index (χ2v) is 3.96. The minimum absolute atomic E-state index is 0.267. The summed E-state index contributed by atoms with van der Waals surface area (Å²) < 4.78 is 46.1. The molecule has 6 heteroatoms. The van der Waals surface area contributed by atoms with Crippen molar-refractivity contribution in [1.29, 1.82) is 0 Å². The predicted molar refractivity (Wildman–Crippen MR) is 61.5 cm³/mol. The molecule has 0 saturated carbocycles. The zero-order valence-corrected chi connectivity index (χ0v) is 10.7. The summed E-state index contributed by atoms with van der Waals surface area (Å²) in [5.74, 6) is 0.513. The predicted octanol–water partition coefficient (Wildman–Crippen LogP) is 3.71. The molecule has 96 valence electrons. The molecule has 17 heavy (non-hydrogen) atoms. The fourth-order valence-corrected chi connectivity index (χ4v) is 1.88. The van der Waals surface area contributed by atoms with Crippen LogP contribution in [0.1, 0.15) is 11.7 Å². The molecule has 2 nitrogen and oxygen atoms in total. The van der Waals surface area contributed by atoms with E-state index in [1.54, 1.807) is 24.3 Å². The number of hydrogen-bond donors (Lipinski definition) is 0. The van der Waals surface area contributed by atoms with Gasteiger partial charge in [0.25, 0.3) is 0 Å². The Morgan fingerprint density at radius 1 is 1.29 bits per heavy atom. The van der Waals surface area contributed by atoms with E-state index in [1.165, 1.54) is 7.11 Å². The van der Waals surface area contributed by atoms with Gasteiger partial charge in [0.1, 0.15) is 12.4 Å². The molecule has 0 saturated heterocycles. The zero-order valence-electron chi connectivity index (χ0n) is 9.13. The Hall–Kier alpha value is -0.750. The van der Waals surface area contributed by atoms with Crippen molar-refractivity contribution in [3.63, 3.8) is 0 Å². The lowest BCUT2D eigenvalue weighted by molar-refractivity contribution is -0.183. The lowest BCUT2D eigenvalue weighted by atomic mass is 10.1. The molecule has 0 N–H and O–H groups in total. The average molecular weight is 313 g/mol. The van der Waals surface area contributed by atoms with E-state index in [0.717, 1.165) is 0 Å². The Labute approximate surface area is 106 Å². The quantitative estimate of drug-likeness (QED) is 0.772. The van der Waals surface area contributed by atoms with E-state index in [0.29, 0.717) is 11.3 Å². The molecule has 0 aliphatic rings. The molecule has 0 aliphatic carbocycles. The van der Waals surface area contributed by atoms with Gasteiger partial charge in [-0.2, -0.15) is 13.2 Å². The number of methoxy groups -OCH3 is 1. The van der Waals surface area contributed by atoms with Gasteiger partial charge in [0.2, 0.25) is 0 Å². The van der Waals surface area contributed by atoms with Crippen molar-refractivity contribution in [3.05, 3.63) is 29.8 Å². The highest BCUT2D eigenvalue weighted by Crippen LogP contribution is 2.30. The SMILES string of the molecule is COc1ccccc1C(CBr)OCC(F)(F)F. The zero-order chi connectivity index (χ0) is 12.9. The van der Waals surface area contributed by atoms with Crippen LogP contribution in [-0.2, 0) is 4.74 Å². The third-order valence-electron chi connectivity index (χ3n) is 2.07. The van der Waals surface area contributed by atoms with E-state index in [9.17, 15) is 13.2 Å². The number of ether oxygens (including phenoxy) is 2. The number of alkyl halides is 4. The maximum Gasteiger partial charge on any atom is 0.411 e. The van der Waals surface area contributed by atoms with Gasteiger partial charge < -0.3 is 9.47 Å². The van der Waals surface area contributed by atoms with Crippen molar-refractivity contribution in [3.8, 4) is 5.75 Å². The average Bonchev–Trinajstić information content (AvgIpc) is 2.29. The van der Waals surface area contributed by atoms with Crippen molar-refractivity contribution in [2.75, 3.05) is 19.0 Å². The molecule has 0 fully saturated rings. The summed E-state index contributed by atoms with van der Waals surface area (Å²) >= 11 is 3.14. The molecule has 0 bridgehead atoms. The van der Waals surface area contributed by atoms with Gasteiger partial charge in [-0.15, -0.1) is 0 Å². The Bertz CT molecular complexity index is 355. The fourth-order valence-electron chi connectivity index (χ4n) is 1.34. The molecule has 0 heterocycles. The van der Waals surface area contributed by atoms with Gasteiger partial charge in [0.15, 0.2) is 0 Å². The van der Waals surface area contributed by atoms with E-state index in [2.05, 4.69) is 15.9 Å². The summed E-state index contributed by atoms with van der Waals surface area (Å²) in [6.45, 7) is -1.28. The first-order chi connectivity index (χ1) is 7.98. The van der Waals surface area contributed by atoms with E-state index >= 15 is 0 Å². The van der Waals surface area contributed by atoms with Crippen LogP contribution in [0.4, 0.5) is 13.2 Å². The maximum absolute atomic E-state index is 12.1. The van der Waals surface area contributed by atoms with Gasteiger partial charge in [-0.3, -0.25) is 0 Å². The van der Waals surface area contributed by atoms with Crippen molar-refractivity contribution >= 4 is 15.9 Å². The van der Waals surface area contributed by atoms with Crippen molar-refractivity contribution < 1.29 is 22.6 Å². The molecule has 0 aliphatic heterocycles. The molecule has 1 unspecified atom stereocenters. The van der Waals surface area contributed by atoms with Crippen LogP contribution in [0.3, 0.4) is 0 Å². The van der Waals surface area contributed by atoms with Gasteiger partial charge in [-0.1, -0.05) is 34.1 Å². The molecule has 0 radical (unpaired) electrons. The fraction of sp³-hybridized carbons (Fsp3) is 0.455. The van der Waals surface area contributed by atoms with Gasteiger partial charge in [0.05, 0.1) is 13.2 Å². The molecule has 1 aromatic carbocycles. The van der Waals surface area contributed by atoms with E-state index in [-0.39, 0.29) is 5.33 Å². The second-order valence-electron chi connectivity index (χ2n) is 3.31. The van der Waals surface area contributed by atoms with Gasteiger partial charge in [-0.05, 0) is 6.07 Å². The first-order valence-corrected chi connectivity index (χ1v) is 5.97. The van der Waals surface area contributed by atoms with Crippen molar-refractivity contribution in [2.45, 2.75) is 12.3 Å². The smallest absolute Gasteiger partial charge is 0.411 e. The standard InChI is InChI=1S/C11H12BrF3O2/c1-16-9-5-3-2-4-8(9)10(6-12)17-7-11(13,14)15/h2-5,10H,6-7H2,1H3. The lowest BCUT2D eigenvalue weighted by Crippen LogP contribution is -2.20. The van der Waals surface area contributed by atoms with Crippen molar-refractivity contribution in [2.24, 2.45) is 0 Å². The summed E-state index contributed by atoms with van der Waals surface area (Å²) in [6.07, 6.45) is -5.02. The number of hydrogen-bond acceptors (Lipinski definition) is 2. The first-order valence-electron chi connectivity index (χ1n) is 4.85. The first kappa shape index (κ1) is 14.3. The molecular weight excluding hydrogens is 301 g/mol. The maximum atomic E-state index is 12.1. The lowest BCUT2D eigenvalue weighted by Gasteiger charge is -2.19. The van der Waals surface area contributed by atoms with E-state index < -0.39 is 18.9 Å². The van der Waals surface area contributed by atoms with Crippen LogP contribution in [0, 0.1) is 0 Å². The number of halogens is 4. The number of benzene rings is 1. The summed E-state index contributed by atoms with van der Waals surface area (Å²) in [5.41, 5.74) is 0.594. The molecule has 0 aromatic heterocycles. The normalized spacial score (nSPS) is 13.5.